The molecule has 0 bridgehead atoms. The number of halogens is 2. The number of alkyl halides is 1. The molecule has 20 heavy (non-hydrogen) atoms. The zero-order valence-electron chi connectivity index (χ0n) is 11.0. The Balaban J connectivity index is 1.93. The molecule has 0 N–H and O–H groups in total. The van der Waals surface area contributed by atoms with Gasteiger partial charge in [0.25, 0.3) is 0 Å². The number of rotatable bonds is 5. The second-order valence-electron chi connectivity index (χ2n) is 4.42. The predicted octanol–water partition coefficient (Wildman–Crippen LogP) is 3.74. The fraction of sp³-hybridized carbons (Fsp3) is 0.286. The van der Waals surface area contributed by atoms with E-state index in [4.69, 9.17) is 23.2 Å². The Kier molecular flexibility index (Phi) is 5.40. The van der Waals surface area contributed by atoms with Crippen LogP contribution in [0.3, 0.4) is 0 Å². The molecule has 0 unspecified atom stereocenters. The number of thiazole rings is 1. The van der Waals surface area contributed by atoms with Gasteiger partial charge in [-0.3, -0.25) is 4.79 Å². The summed E-state index contributed by atoms with van der Waals surface area (Å²) in [5.41, 5.74) is 1.87. The molecule has 106 valence electrons. The van der Waals surface area contributed by atoms with Crippen molar-refractivity contribution in [3.63, 3.8) is 0 Å². The molecular weight excluding hydrogens is 315 g/mol. The summed E-state index contributed by atoms with van der Waals surface area (Å²) < 4.78 is 0. The minimum Gasteiger partial charge on any atom is -0.341 e. The van der Waals surface area contributed by atoms with E-state index < -0.39 is 0 Å². The maximum atomic E-state index is 12.1. The molecule has 0 atom stereocenters. The summed E-state index contributed by atoms with van der Waals surface area (Å²) in [6.07, 6.45) is 0.311. The number of hydrogen-bond donors (Lipinski definition) is 0. The van der Waals surface area contributed by atoms with Gasteiger partial charge in [0.15, 0.2) is 0 Å². The van der Waals surface area contributed by atoms with Crippen molar-refractivity contribution < 1.29 is 4.79 Å². The highest BCUT2D eigenvalue weighted by atomic mass is 35.5. The smallest absolute Gasteiger partial charge is 0.229 e. The monoisotopic (exact) mass is 328 g/mol. The van der Waals surface area contributed by atoms with Gasteiger partial charge in [-0.15, -0.1) is 22.9 Å². The third-order valence-corrected chi connectivity index (χ3v) is 4.22. The van der Waals surface area contributed by atoms with Crippen molar-refractivity contribution in [1.29, 1.82) is 0 Å². The van der Waals surface area contributed by atoms with E-state index in [0.29, 0.717) is 23.9 Å². The molecule has 1 amide bonds. The van der Waals surface area contributed by atoms with E-state index in [1.165, 1.54) is 11.3 Å². The van der Waals surface area contributed by atoms with Gasteiger partial charge < -0.3 is 4.90 Å². The molecule has 0 aliphatic carbocycles. The third-order valence-electron chi connectivity index (χ3n) is 2.80. The molecule has 0 aliphatic rings. The molecule has 0 fully saturated rings. The summed E-state index contributed by atoms with van der Waals surface area (Å²) >= 11 is 13.0. The number of carbonyl (C=O) groups excluding carboxylic acids is 1. The van der Waals surface area contributed by atoms with Crippen molar-refractivity contribution in [2.24, 2.45) is 0 Å². The van der Waals surface area contributed by atoms with Gasteiger partial charge in [-0.05, 0) is 17.7 Å². The maximum Gasteiger partial charge on any atom is 0.229 e. The van der Waals surface area contributed by atoms with Gasteiger partial charge in [-0.25, -0.2) is 4.98 Å². The molecule has 1 heterocycles. The highest BCUT2D eigenvalue weighted by Gasteiger charge is 2.12. The number of benzene rings is 1. The third kappa shape index (κ3) is 4.20. The average molecular weight is 329 g/mol. The van der Waals surface area contributed by atoms with Gasteiger partial charge in [0.05, 0.1) is 18.0 Å². The number of carbonyl (C=O) groups is 1. The number of amides is 1. The van der Waals surface area contributed by atoms with Crippen molar-refractivity contribution in [2.45, 2.75) is 18.8 Å². The van der Waals surface area contributed by atoms with Crippen molar-refractivity contribution in [3.8, 4) is 0 Å². The van der Waals surface area contributed by atoms with Crippen molar-refractivity contribution in [3.05, 3.63) is 50.9 Å². The molecule has 0 saturated carbocycles. The molecule has 6 heteroatoms. The second-order valence-corrected chi connectivity index (χ2v) is 6.07. The van der Waals surface area contributed by atoms with Crippen LogP contribution in [0.5, 0.6) is 0 Å². The van der Waals surface area contributed by atoms with Crippen LogP contribution in [0.15, 0.2) is 29.6 Å². The number of likely N-dealkylation sites (N-methyl/N-ethyl adjacent to an activating group) is 1. The first-order valence-corrected chi connectivity index (χ1v) is 7.85. The highest BCUT2D eigenvalue weighted by Crippen LogP contribution is 2.14. The van der Waals surface area contributed by atoms with Crippen LogP contribution in [0.1, 0.15) is 16.3 Å². The molecule has 3 nitrogen and oxygen atoms in total. The van der Waals surface area contributed by atoms with Crippen LogP contribution in [0.25, 0.3) is 0 Å². The first-order valence-electron chi connectivity index (χ1n) is 6.06. The minimum absolute atomic E-state index is 0.0374. The summed E-state index contributed by atoms with van der Waals surface area (Å²) in [5, 5.41) is 3.38. The Labute approximate surface area is 132 Å². The molecule has 0 spiro atoms. The lowest BCUT2D eigenvalue weighted by atomic mass is 10.2. The quantitative estimate of drug-likeness (QED) is 0.783. The summed E-state index contributed by atoms with van der Waals surface area (Å²) in [5.74, 6) is 0.418. The number of hydrogen-bond acceptors (Lipinski definition) is 3. The van der Waals surface area contributed by atoms with Crippen molar-refractivity contribution in [1.82, 2.24) is 9.88 Å². The minimum atomic E-state index is 0.0374. The van der Waals surface area contributed by atoms with Crippen LogP contribution in [-0.4, -0.2) is 22.8 Å². The van der Waals surface area contributed by atoms with Gasteiger partial charge in [0, 0.05) is 24.0 Å². The fourth-order valence-electron chi connectivity index (χ4n) is 1.71. The Morgan fingerprint density at radius 3 is 2.65 bits per heavy atom. The van der Waals surface area contributed by atoms with Crippen LogP contribution in [0.4, 0.5) is 0 Å². The average Bonchev–Trinajstić information content (AvgIpc) is 2.89. The normalized spacial score (nSPS) is 10.6. The molecular formula is C14H14Cl2N2OS. The lowest BCUT2D eigenvalue weighted by molar-refractivity contribution is -0.129. The highest BCUT2D eigenvalue weighted by molar-refractivity contribution is 7.09. The topological polar surface area (TPSA) is 33.2 Å². The number of aromatic nitrogens is 1. The molecule has 0 saturated heterocycles. The Morgan fingerprint density at radius 1 is 1.35 bits per heavy atom. The first kappa shape index (κ1) is 15.3. The standard InChI is InChI=1S/C14H14Cl2N2OS/c1-18(8-10-2-4-11(16)5-3-10)14(19)6-13-17-12(7-15)9-20-13/h2-5,9H,6-8H2,1H3. The van der Waals surface area contributed by atoms with E-state index in [-0.39, 0.29) is 5.91 Å². The zero-order chi connectivity index (χ0) is 14.5. The second kappa shape index (κ2) is 7.07. The van der Waals surface area contributed by atoms with Crippen LogP contribution in [-0.2, 0) is 23.6 Å². The van der Waals surface area contributed by atoms with Crippen LogP contribution < -0.4 is 0 Å². The van der Waals surface area contributed by atoms with E-state index in [1.807, 2.05) is 29.6 Å². The van der Waals surface area contributed by atoms with E-state index in [0.717, 1.165) is 16.3 Å². The molecule has 0 radical (unpaired) electrons. The van der Waals surface area contributed by atoms with E-state index in [9.17, 15) is 4.79 Å². The molecule has 2 aromatic rings. The van der Waals surface area contributed by atoms with Gasteiger partial charge in [0.1, 0.15) is 5.01 Å². The Bertz CT molecular complexity index is 583. The van der Waals surface area contributed by atoms with Gasteiger partial charge in [-0.1, -0.05) is 23.7 Å². The predicted molar refractivity (Wildman–Crippen MR) is 83.3 cm³/mol. The largest absolute Gasteiger partial charge is 0.341 e. The molecule has 0 aliphatic heterocycles. The molecule has 1 aromatic heterocycles. The van der Waals surface area contributed by atoms with Gasteiger partial charge >= 0.3 is 0 Å². The lowest BCUT2D eigenvalue weighted by Gasteiger charge is -2.16. The Hall–Kier alpha value is -1.10. The zero-order valence-corrected chi connectivity index (χ0v) is 13.3. The fourth-order valence-corrected chi connectivity index (χ4v) is 2.85. The van der Waals surface area contributed by atoms with Crippen molar-refractivity contribution >= 4 is 40.4 Å². The van der Waals surface area contributed by atoms with Crippen LogP contribution in [0.2, 0.25) is 5.02 Å². The van der Waals surface area contributed by atoms with Gasteiger partial charge in [-0.2, -0.15) is 0 Å². The SMILES string of the molecule is CN(Cc1ccc(Cl)cc1)C(=O)Cc1nc(CCl)cs1. The van der Waals surface area contributed by atoms with Crippen LogP contribution >= 0.6 is 34.5 Å². The van der Waals surface area contributed by atoms with Gasteiger partial charge in [0.2, 0.25) is 5.91 Å². The van der Waals surface area contributed by atoms with E-state index >= 15 is 0 Å². The Morgan fingerprint density at radius 2 is 2.05 bits per heavy atom. The molecule has 2 rings (SSSR count). The summed E-state index contributed by atoms with van der Waals surface area (Å²) in [7, 11) is 1.78. The lowest BCUT2D eigenvalue weighted by Crippen LogP contribution is -2.27. The van der Waals surface area contributed by atoms with Crippen molar-refractivity contribution in [2.75, 3.05) is 7.05 Å². The maximum absolute atomic E-state index is 12.1. The summed E-state index contributed by atoms with van der Waals surface area (Å²) in [4.78, 5) is 18.1. The number of nitrogens with zero attached hydrogens (tertiary/aromatic N) is 2. The summed E-state index contributed by atoms with van der Waals surface area (Å²) in [6.45, 7) is 0.559. The first-order chi connectivity index (χ1) is 9.58. The van der Waals surface area contributed by atoms with E-state index in [2.05, 4.69) is 4.98 Å². The summed E-state index contributed by atoms with van der Waals surface area (Å²) in [6, 6.07) is 7.48. The molecule has 1 aromatic carbocycles. The van der Waals surface area contributed by atoms with E-state index in [1.54, 1.807) is 11.9 Å². The van der Waals surface area contributed by atoms with Crippen LogP contribution in [0, 0.1) is 0 Å².